The predicted molar refractivity (Wildman–Crippen MR) is 67.8 cm³/mol. The fraction of sp³-hybridized carbons (Fsp3) is 0.692. The maximum absolute atomic E-state index is 12.0. The Kier molecular flexibility index (Phi) is 3.71. The van der Waals surface area contributed by atoms with E-state index in [2.05, 4.69) is 5.16 Å². The average molecular weight is 251 g/mol. The standard InChI is InChI=1S/C13H21N3O2/c1-8-11(9(2)18-15-8)7-16(3)13(17)6-12(14)10-4-5-10/h10,12H,4-7,14H2,1-3H3. The topological polar surface area (TPSA) is 72.4 Å². The van der Waals surface area contributed by atoms with E-state index in [4.69, 9.17) is 10.3 Å². The predicted octanol–water partition coefficient (Wildman–Crippen LogP) is 1.38. The highest BCUT2D eigenvalue weighted by molar-refractivity contribution is 5.76. The summed E-state index contributed by atoms with van der Waals surface area (Å²) in [5.41, 5.74) is 7.81. The van der Waals surface area contributed by atoms with Crippen molar-refractivity contribution in [3.63, 3.8) is 0 Å². The SMILES string of the molecule is Cc1noc(C)c1CN(C)C(=O)CC(N)C1CC1. The van der Waals surface area contributed by atoms with E-state index in [0.29, 0.717) is 18.9 Å². The van der Waals surface area contributed by atoms with E-state index in [9.17, 15) is 4.79 Å². The van der Waals surface area contributed by atoms with Crippen LogP contribution >= 0.6 is 0 Å². The summed E-state index contributed by atoms with van der Waals surface area (Å²) in [6, 6.07) is 0.0182. The van der Waals surface area contributed by atoms with Crippen LogP contribution in [0.5, 0.6) is 0 Å². The molecule has 5 heteroatoms. The van der Waals surface area contributed by atoms with Gasteiger partial charge in [-0.05, 0) is 32.6 Å². The van der Waals surface area contributed by atoms with Crippen LogP contribution in [0, 0.1) is 19.8 Å². The molecule has 0 radical (unpaired) electrons. The zero-order chi connectivity index (χ0) is 13.3. The van der Waals surface area contributed by atoms with E-state index in [0.717, 1.165) is 17.0 Å². The van der Waals surface area contributed by atoms with Gasteiger partial charge in [0, 0.05) is 25.1 Å². The highest BCUT2D eigenvalue weighted by atomic mass is 16.5. The number of carbonyl (C=O) groups excluding carboxylic acids is 1. The van der Waals surface area contributed by atoms with E-state index in [1.165, 1.54) is 12.8 Å². The van der Waals surface area contributed by atoms with Gasteiger partial charge in [0.2, 0.25) is 5.91 Å². The van der Waals surface area contributed by atoms with Gasteiger partial charge in [0.05, 0.1) is 12.2 Å². The lowest BCUT2D eigenvalue weighted by Crippen LogP contribution is -2.34. The normalized spacial score (nSPS) is 16.7. The maximum atomic E-state index is 12.0. The molecule has 0 saturated heterocycles. The van der Waals surface area contributed by atoms with Crippen LogP contribution in [-0.4, -0.2) is 29.1 Å². The van der Waals surface area contributed by atoms with E-state index in [1.54, 1.807) is 11.9 Å². The first-order valence-electron chi connectivity index (χ1n) is 6.40. The second-order valence-corrected chi connectivity index (χ2v) is 5.26. The Morgan fingerprint density at radius 2 is 2.22 bits per heavy atom. The van der Waals surface area contributed by atoms with Crippen molar-refractivity contribution < 1.29 is 9.32 Å². The second kappa shape index (κ2) is 5.10. The van der Waals surface area contributed by atoms with Crippen LogP contribution in [0.2, 0.25) is 0 Å². The van der Waals surface area contributed by atoms with Gasteiger partial charge in [0.15, 0.2) is 0 Å². The highest BCUT2D eigenvalue weighted by Crippen LogP contribution is 2.33. The van der Waals surface area contributed by atoms with Crippen LogP contribution in [0.4, 0.5) is 0 Å². The highest BCUT2D eigenvalue weighted by Gasteiger charge is 2.30. The fourth-order valence-electron chi connectivity index (χ4n) is 2.10. The van der Waals surface area contributed by atoms with Gasteiger partial charge < -0.3 is 15.2 Å². The number of carbonyl (C=O) groups is 1. The van der Waals surface area contributed by atoms with E-state index < -0.39 is 0 Å². The molecule has 1 unspecified atom stereocenters. The number of aromatic nitrogens is 1. The Morgan fingerprint density at radius 3 is 2.72 bits per heavy atom. The van der Waals surface area contributed by atoms with Gasteiger partial charge in [-0.15, -0.1) is 0 Å². The molecule has 1 saturated carbocycles. The molecule has 0 aliphatic heterocycles. The summed E-state index contributed by atoms with van der Waals surface area (Å²) in [7, 11) is 1.80. The summed E-state index contributed by atoms with van der Waals surface area (Å²) in [5, 5.41) is 3.89. The molecule has 1 aliphatic rings. The number of hydrogen-bond donors (Lipinski definition) is 1. The van der Waals surface area contributed by atoms with Crippen molar-refractivity contribution in [1.82, 2.24) is 10.1 Å². The molecule has 2 N–H and O–H groups in total. The van der Waals surface area contributed by atoms with Crippen molar-refractivity contribution >= 4 is 5.91 Å². The second-order valence-electron chi connectivity index (χ2n) is 5.26. The molecular weight excluding hydrogens is 230 g/mol. The lowest BCUT2D eigenvalue weighted by molar-refractivity contribution is -0.130. The smallest absolute Gasteiger partial charge is 0.224 e. The molecule has 5 nitrogen and oxygen atoms in total. The quantitative estimate of drug-likeness (QED) is 0.858. The van der Waals surface area contributed by atoms with Crippen LogP contribution in [0.25, 0.3) is 0 Å². The number of rotatable bonds is 5. The molecular formula is C13H21N3O2. The van der Waals surface area contributed by atoms with Gasteiger partial charge in [-0.25, -0.2) is 0 Å². The van der Waals surface area contributed by atoms with Crippen LogP contribution in [-0.2, 0) is 11.3 Å². The Morgan fingerprint density at radius 1 is 1.56 bits per heavy atom. The van der Waals surface area contributed by atoms with Crippen molar-refractivity contribution in [1.29, 1.82) is 0 Å². The molecule has 1 aliphatic carbocycles. The molecule has 1 aromatic rings. The Labute approximate surface area is 107 Å². The molecule has 2 rings (SSSR count). The molecule has 1 aromatic heterocycles. The lowest BCUT2D eigenvalue weighted by Gasteiger charge is -2.19. The van der Waals surface area contributed by atoms with Gasteiger partial charge in [-0.1, -0.05) is 5.16 Å². The molecule has 0 bridgehead atoms. The third kappa shape index (κ3) is 2.90. The summed E-state index contributed by atoms with van der Waals surface area (Å²) in [6.45, 7) is 4.29. The molecule has 1 amide bonds. The van der Waals surface area contributed by atoms with Crippen molar-refractivity contribution in [2.24, 2.45) is 11.7 Å². The van der Waals surface area contributed by atoms with Gasteiger partial charge in [0.25, 0.3) is 0 Å². The number of nitrogens with two attached hydrogens (primary N) is 1. The molecule has 1 fully saturated rings. The van der Waals surface area contributed by atoms with Crippen molar-refractivity contribution in [2.45, 2.75) is 45.7 Å². The Hall–Kier alpha value is -1.36. The van der Waals surface area contributed by atoms with Crippen molar-refractivity contribution in [2.75, 3.05) is 7.05 Å². The van der Waals surface area contributed by atoms with E-state index in [1.807, 2.05) is 13.8 Å². The van der Waals surface area contributed by atoms with Crippen LogP contribution < -0.4 is 5.73 Å². The first kappa shape index (κ1) is 13.1. The molecule has 1 heterocycles. The molecule has 100 valence electrons. The van der Waals surface area contributed by atoms with Crippen LogP contribution in [0.3, 0.4) is 0 Å². The maximum Gasteiger partial charge on any atom is 0.224 e. The van der Waals surface area contributed by atoms with Crippen molar-refractivity contribution in [3.8, 4) is 0 Å². The number of aryl methyl sites for hydroxylation is 2. The van der Waals surface area contributed by atoms with Gasteiger partial charge in [0.1, 0.15) is 5.76 Å². The van der Waals surface area contributed by atoms with E-state index >= 15 is 0 Å². The van der Waals surface area contributed by atoms with Gasteiger partial charge in [-0.2, -0.15) is 0 Å². The van der Waals surface area contributed by atoms with Crippen LogP contribution in [0.1, 0.15) is 36.3 Å². The van der Waals surface area contributed by atoms with Crippen LogP contribution in [0.15, 0.2) is 4.52 Å². The average Bonchev–Trinajstić information content (AvgIpc) is 3.11. The molecule has 0 aromatic carbocycles. The zero-order valence-corrected chi connectivity index (χ0v) is 11.3. The fourth-order valence-corrected chi connectivity index (χ4v) is 2.10. The first-order chi connectivity index (χ1) is 8.49. The summed E-state index contributed by atoms with van der Waals surface area (Å²) in [6.07, 6.45) is 2.77. The van der Waals surface area contributed by atoms with Gasteiger partial charge >= 0.3 is 0 Å². The monoisotopic (exact) mass is 251 g/mol. The molecule has 1 atom stereocenters. The number of amides is 1. The number of hydrogen-bond acceptors (Lipinski definition) is 4. The first-order valence-corrected chi connectivity index (χ1v) is 6.40. The summed E-state index contributed by atoms with van der Waals surface area (Å²) in [5.74, 6) is 1.43. The third-order valence-electron chi connectivity index (χ3n) is 3.64. The zero-order valence-electron chi connectivity index (χ0n) is 11.3. The third-order valence-corrected chi connectivity index (χ3v) is 3.64. The summed E-state index contributed by atoms with van der Waals surface area (Å²) < 4.78 is 5.09. The minimum absolute atomic E-state index is 0.0182. The summed E-state index contributed by atoms with van der Waals surface area (Å²) >= 11 is 0. The Bertz CT molecular complexity index is 418. The van der Waals surface area contributed by atoms with Gasteiger partial charge in [-0.3, -0.25) is 4.79 Å². The Balaban J connectivity index is 1.90. The number of nitrogens with zero attached hydrogens (tertiary/aromatic N) is 2. The molecule has 18 heavy (non-hydrogen) atoms. The summed E-state index contributed by atoms with van der Waals surface area (Å²) in [4.78, 5) is 13.7. The minimum Gasteiger partial charge on any atom is -0.361 e. The van der Waals surface area contributed by atoms with E-state index in [-0.39, 0.29) is 11.9 Å². The largest absolute Gasteiger partial charge is 0.361 e. The van der Waals surface area contributed by atoms with Crippen molar-refractivity contribution in [3.05, 3.63) is 17.0 Å². The molecule has 0 spiro atoms. The minimum atomic E-state index is 0.0182. The lowest BCUT2D eigenvalue weighted by atomic mass is 10.1.